The zero-order chi connectivity index (χ0) is 17.0. The average molecular weight is 321 g/mol. The van der Waals surface area contributed by atoms with Crippen molar-refractivity contribution >= 4 is 12.0 Å². The molecule has 23 heavy (non-hydrogen) atoms. The molecule has 1 saturated heterocycles. The quantitative estimate of drug-likeness (QED) is 0.899. The Labute approximate surface area is 137 Å². The number of amides is 2. The monoisotopic (exact) mass is 321 g/mol. The van der Waals surface area contributed by atoms with Gasteiger partial charge in [0.25, 0.3) is 5.91 Å². The lowest BCUT2D eigenvalue weighted by atomic mass is 9.90. The molecule has 2 heterocycles. The molecule has 0 aliphatic carbocycles. The van der Waals surface area contributed by atoms with Gasteiger partial charge in [0.15, 0.2) is 0 Å². The number of carbonyl (C=O) groups excluding carboxylic acids is 2. The highest BCUT2D eigenvalue weighted by Crippen LogP contribution is 2.24. The van der Waals surface area contributed by atoms with Crippen molar-refractivity contribution in [3.8, 4) is 0 Å². The van der Waals surface area contributed by atoms with Gasteiger partial charge in [-0.15, -0.1) is 0 Å². The van der Waals surface area contributed by atoms with Gasteiger partial charge in [0.2, 0.25) is 0 Å². The zero-order valence-electron chi connectivity index (χ0n) is 14.4. The van der Waals surface area contributed by atoms with Crippen LogP contribution in [-0.4, -0.2) is 46.6 Å². The molecule has 0 saturated carbocycles. The molecule has 1 aromatic rings. The van der Waals surface area contributed by atoms with Gasteiger partial charge in [-0.2, -0.15) is 0 Å². The highest BCUT2D eigenvalue weighted by molar-refractivity contribution is 5.92. The third-order valence-electron chi connectivity index (χ3n) is 4.06. The highest BCUT2D eigenvalue weighted by atomic mass is 16.6. The van der Waals surface area contributed by atoms with Crippen LogP contribution in [0.4, 0.5) is 4.79 Å². The number of nitrogens with one attached hydrogen (secondary N) is 2. The summed E-state index contributed by atoms with van der Waals surface area (Å²) < 4.78 is 5.27. The molecular weight excluding hydrogens is 294 g/mol. The Bertz CT molecular complexity index is 534. The molecule has 0 bridgehead atoms. The predicted octanol–water partition coefficient (Wildman–Crippen LogP) is 2.78. The van der Waals surface area contributed by atoms with Crippen LogP contribution in [0.3, 0.4) is 0 Å². The lowest BCUT2D eigenvalue weighted by Gasteiger charge is -2.40. The van der Waals surface area contributed by atoms with Crippen LogP contribution in [0.15, 0.2) is 18.3 Å². The van der Waals surface area contributed by atoms with Gasteiger partial charge in [-0.05, 0) is 51.7 Å². The van der Waals surface area contributed by atoms with Crippen LogP contribution in [0.5, 0.6) is 0 Å². The highest BCUT2D eigenvalue weighted by Gasteiger charge is 2.33. The molecule has 2 rings (SSSR count). The Kier molecular flexibility index (Phi) is 5.34. The first-order chi connectivity index (χ1) is 10.8. The number of likely N-dealkylation sites (tertiary alicyclic amines) is 1. The van der Waals surface area contributed by atoms with Crippen molar-refractivity contribution in [3.05, 3.63) is 24.0 Å². The van der Waals surface area contributed by atoms with Crippen molar-refractivity contribution in [1.29, 1.82) is 0 Å². The third-order valence-corrected chi connectivity index (χ3v) is 4.06. The summed E-state index contributed by atoms with van der Waals surface area (Å²) >= 11 is 0. The topological polar surface area (TPSA) is 74.4 Å². The molecule has 0 unspecified atom stereocenters. The minimum atomic E-state index is -0.526. The second-order valence-electron chi connectivity index (χ2n) is 7.15. The summed E-state index contributed by atoms with van der Waals surface area (Å²) in [5, 5.41) is 2.80. The Balaban J connectivity index is 2.00. The first-order valence-electron chi connectivity index (χ1n) is 8.19. The molecular formula is C17H27N3O3. The van der Waals surface area contributed by atoms with E-state index < -0.39 is 11.7 Å². The molecule has 6 nitrogen and oxygen atoms in total. The van der Waals surface area contributed by atoms with Crippen molar-refractivity contribution in [2.75, 3.05) is 13.1 Å². The summed E-state index contributed by atoms with van der Waals surface area (Å²) in [4.78, 5) is 29.3. The fraction of sp³-hybridized carbons (Fsp3) is 0.647. The van der Waals surface area contributed by atoms with Crippen LogP contribution >= 0.6 is 0 Å². The maximum atomic E-state index is 12.6. The van der Waals surface area contributed by atoms with Crippen LogP contribution in [0.25, 0.3) is 0 Å². The molecule has 6 heteroatoms. The third kappa shape index (κ3) is 4.74. The summed E-state index contributed by atoms with van der Waals surface area (Å²) in [5.74, 6) is 0.315. The van der Waals surface area contributed by atoms with E-state index in [9.17, 15) is 9.59 Å². The van der Waals surface area contributed by atoms with Gasteiger partial charge in [0, 0.05) is 19.3 Å². The number of nitrogens with zero attached hydrogens (tertiary/aromatic N) is 1. The van der Waals surface area contributed by atoms with E-state index in [-0.39, 0.29) is 11.9 Å². The Morgan fingerprint density at radius 1 is 1.43 bits per heavy atom. The standard InChI is InChI=1S/C17H27N3O3/c1-12-7-6-10-20(15(21)13-8-5-9-18-13)14(12)11-19-16(22)23-17(2,3)4/h5,8-9,12,14,18H,6-7,10-11H2,1-4H3,(H,19,22)/t12-,14-/m1/s1. The fourth-order valence-electron chi connectivity index (χ4n) is 2.93. The SMILES string of the molecule is C[C@@H]1CCCN(C(=O)c2ccc[nH]2)[C@@H]1CNC(=O)OC(C)(C)C. The van der Waals surface area contributed by atoms with Gasteiger partial charge in [-0.3, -0.25) is 4.79 Å². The number of rotatable bonds is 3. The van der Waals surface area contributed by atoms with Crippen molar-refractivity contribution in [2.24, 2.45) is 5.92 Å². The second kappa shape index (κ2) is 7.06. The normalized spacial score (nSPS) is 21.8. The predicted molar refractivity (Wildman–Crippen MR) is 88.3 cm³/mol. The maximum absolute atomic E-state index is 12.6. The van der Waals surface area contributed by atoms with Gasteiger partial charge >= 0.3 is 6.09 Å². The molecule has 2 atom stereocenters. The molecule has 1 aliphatic rings. The van der Waals surface area contributed by atoms with E-state index in [1.54, 1.807) is 12.3 Å². The van der Waals surface area contributed by atoms with E-state index in [0.29, 0.717) is 24.7 Å². The van der Waals surface area contributed by atoms with Gasteiger partial charge in [-0.1, -0.05) is 6.92 Å². The summed E-state index contributed by atoms with van der Waals surface area (Å²) in [6.07, 6.45) is 3.34. The number of ether oxygens (including phenoxy) is 1. The van der Waals surface area contributed by atoms with Crippen molar-refractivity contribution in [1.82, 2.24) is 15.2 Å². The van der Waals surface area contributed by atoms with Crippen LogP contribution in [-0.2, 0) is 4.74 Å². The second-order valence-corrected chi connectivity index (χ2v) is 7.15. The molecule has 1 aromatic heterocycles. The molecule has 2 amide bonds. The number of piperidine rings is 1. The first kappa shape index (κ1) is 17.4. The number of hydrogen-bond acceptors (Lipinski definition) is 3. The summed E-state index contributed by atoms with van der Waals surface area (Å²) in [6.45, 7) is 8.73. The minimum absolute atomic E-state index is 0.0162. The Morgan fingerprint density at radius 3 is 2.78 bits per heavy atom. The zero-order valence-corrected chi connectivity index (χ0v) is 14.4. The van der Waals surface area contributed by atoms with E-state index in [1.807, 2.05) is 31.7 Å². The molecule has 0 aromatic carbocycles. The smallest absolute Gasteiger partial charge is 0.407 e. The largest absolute Gasteiger partial charge is 0.444 e. The summed E-state index contributed by atoms with van der Waals surface area (Å²) in [6, 6.07) is 3.57. The first-order valence-corrected chi connectivity index (χ1v) is 8.19. The van der Waals surface area contributed by atoms with E-state index >= 15 is 0 Å². The number of carbonyl (C=O) groups is 2. The number of aromatic nitrogens is 1. The fourth-order valence-corrected chi connectivity index (χ4v) is 2.93. The Hall–Kier alpha value is -1.98. The molecule has 0 spiro atoms. The van der Waals surface area contributed by atoms with E-state index in [1.165, 1.54) is 0 Å². The molecule has 0 radical (unpaired) electrons. The van der Waals surface area contributed by atoms with E-state index in [4.69, 9.17) is 4.74 Å². The van der Waals surface area contributed by atoms with Crippen LogP contribution < -0.4 is 5.32 Å². The van der Waals surface area contributed by atoms with Gasteiger partial charge in [-0.25, -0.2) is 4.79 Å². The van der Waals surface area contributed by atoms with Gasteiger partial charge < -0.3 is 19.9 Å². The summed E-state index contributed by atoms with van der Waals surface area (Å²) in [7, 11) is 0. The van der Waals surface area contributed by atoms with Crippen molar-refractivity contribution < 1.29 is 14.3 Å². The molecule has 128 valence electrons. The van der Waals surface area contributed by atoms with Crippen LogP contribution in [0, 0.1) is 5.92 Å². The summed E-state index contributed by atoms with van der Waals surface area (Å²) in [5.41, 5.74) is 0.0588. The van der Waals surface area contributed by atoms with Crippen LogP contribution in [0.2, 0.25) is 0 Å². The van der Waals surface area contributed by atoms with Crippen molar-refractivity contribution in [2.45, 2.75) is 52.2 Å². The van der Waals surface area contributed by atoms with Gasteiger partial charge in [0.1, 0.15) is 11.3 Å². The van der Waals surface area contributed by atoms with Crippen molar-refractivity contribution in [3.63, 3.8) is 0 Å². The van der Waals surface area contributed by atoms with E-state index in [2.05, 4.69) is 17.2 Å². The minimum Gasteiger partial charge on any atom is -0.444 e. The number of aromatic amines is 1. The average Bonchev–Trinajstić information content (AvgIpc) is 2.97. The number of alkyl carbamates (subject to hydrolysis) is 1. The lowest BCUT2D eigenvalue weighted by Crippen LogP contribution is -2.53. The molecule has 1 aliphatic heterocycles. The number of hydrogen-bond donors (Lipinski definition) is 2. The maximum Gasteiger partial charge on any atom is 0.407 e. The number of H-pyrrole nitrogens is 1. The van der Waals surface area contributed by atoms with E-state index in [0.717, 1.165) is 12.8 Å². The van der Waals surface area contributed by atoms with Crippen LogP contribution in [0.1, 0.15) is 51.0 Å². The lowest BCUT2D eigenvalue weighted by molar-refractivity contribution is 0.0405. The molecule has 1 fully saturated rings. The Morgan fingerprint density at radius 2 is 2.17 bits per heavy atom. The van der Waals surface area contributed by atoms with Gasteiger partial charge in [0.05, 0.1) is 6.04 Å². The molecule has 2 N–H and O–H groups in total.